The average molecular weight is 417 g/mol. The van der Waals surface area contributed by atoms with Gasteiger partial charge >= 0.3 is 0 Å². The molecule has 1 aliphatic heterocycles. The maximum Gasteiger partial charge on any atom is 0.140 e. The van der Waals surface area contributed by atoms with E-state index in [-0.39, 0.29) is 0 Å². The van der Waals surface area contributed by atoms with Gasteiger partial charge in [-0.1, -0.05) is 51.6 Å². The van der Waals surface area contributed by atoms with Gasteiger partial charge in [-0.3, -0.25) is 0 Å². The van der Waals surface area contributed by atoms with E-state index in [0.717, 1.165) is 23.5 Å². The zero-order chi connectivity index (χ0) is 22.0. The van der Waals surface area contributed by atoms with Crippen LogP contribution >= 0.6 is 0 Å². The van der Waals surface area contributed by atoms with E-state index in [1.54, 1.807) is 0 Å². The fourth-order valence-electron chi connectivity index (χ4n) is 4.69. The second kappa shape index (κ2) is 8.88. The summed E-state index contributed by atoms with van der Waals surface area (Å²) in [7, 11) is 1.90. The molecule has 2 aromatic heterocycles. The molecule has 3 aromatic rings. The number of pyridine rings is 1. The van der Waals surface area contributed by atoms with Crippen LogP contribution in [0.2, 0.25) is 0 Å². The summed E-state index contributed by atoms with van der Waals surface area (Å²) in [6, 6.07) is 13.2. The van der Waals surface area contributed by atoms with E-state index >= 15 is 0 Å². The van der Waals surface area contributed by atoms with Gasteiger partial charge in [-0.25, -0.2) is 4.98 Å². The van der Waals surface area contributed by atoms with Crippen LogP contribution in [0.5, 0.6) is 0 Å². The molecule has 1 N–H and O–H groups in total. The number of rotatable bonds is 6. The largest absolute Gasteiger partial charge is 0.388 e. The molecule has 0 amide bonds. The van der Waals surface area contributed by atoms with Crippen molar-refractivity contribution in [2.45, 2.75) is 46.1 Å². The van der Waals surface area contributed by atoms with Gasteiger partial charge in [-0.15, -0.1) is 0 Å². The molecule has 4 nitrogen and oxygen atoms in total. The summed E-state index contributed by atoms with van der Waals surface area (Å²) in [4.78, 5) is 7.50. The van der Waals surface area contributed by atoms with E-state index < -0.39 is 0 Å². The molecule has 3 heterocycles. The molecule has 1 aromatic carbocycles. The highest BCUT2D eigenvalue weighted by Gasteiger charge is 2.24. The lowest BCUT2D eigenvalue weighted by Gasteiger charge is -2.36. The van der Waals surface area contributed by atoms with Gasteiger partial charge in [0.2, 0.25) is 0 Å². The van der Waals surface area contributed by atoms with E-state index in [1.807, 2.05) is 7.05 Å². The molecule has 1 fully saturated rings. The number of nitrogens with zero attached hydrogens (tertiary/aromatic N) is 3. The molecule has 4 heteroatoms. The van der Waals surface area contributed by atoms with Gasteiger partial charge in [0.05, 0.1) is 0 Å². The molecule has 0 aliphatic carbocycles. The first-order chi connectivity index (χ1) is 14.8. The van der Waals surface area contributed by atoms with E-state index in [9.17, 15) is 0 Å². The van der Waals surface area contributed by atoms with Crippen molar-refractivity contribution in [1.29, 1.82) is 0 Å². The minimum atomic E-state index is 0.372. The predicted octanol–water partition coefficient (Wildman–Crippen LogP) is 5.50. The molecule has 0 atom stereocenters. The second-order valence-electron chi connectivity index (χ2n) is 10.2. The Balaban J connectivity index is 1.43. The predicted molar refractivity (Wildman–Crippen MR) is 131 cm³/mol. The van der Waals surface area contributed by atoms with Crippen LogP contribution in [0.1, 0.15) is 56.2 Å². The molecule has 164 valence electrons. The number of piperidine rings is 1. The third kappa shape index (κ3) is 5.19. The Morgan fingerprint density at radius 2 is 1.84 bits per heavy atom. The van der Waals surface area contributed by atoms with Crippen molar-refractivity contribution >= 4 is 16.7 Å². The van der Waals surface area contributed by atoms with Crippen molar-refractivity contribution in [1.82, 2.24) is 19.8 Å². The number of nitrogens with one attached hydrogen (secondary N) is 1. The summed E-state index contributed by atoms with van der Waals surface area (Å²) in [5, 5.41) is 4.35. The molecule has 1 aliphatic rings. The molecule has 0 saturated carbocycles. The summed E-state index contributed by atoms with van der Waals surface area (Å²) in [5.41, 5.74) is 6.17. The maximum atomic E-state index is 4.88. The van der Waals surface area contributed by atoms with Gasteiger partial charge < -0.3 is 14.8 Å². The number of hydrogen-bond donors (Lipinski definition) is 1. The Labute approximate surface area is 187 Å². The smallest absolute Gasteiger partial charge is 0.140 e. The fourth-order valence-corrected chi connectivity index (χ4v) is 4.69. The number of likely N-dealkylation sites (tertiary alicyclic amines) is 1. The summed E-state index contributed by atoms with van der Waals surface area (Å²) < 4.78 is 2.24. The van der Waals surface area contributed by atoms with E-state index in [0.29, 0.717) is 11.3 Å². The zero-order valence-corrected chi connectivity index (χ0v) is 19.5. The molecule has 4 rings (SSSR count). The van der Waals surface area contributed by atoms with E-state index in [1.165, 1.54) is 49.0 Å². The topological polar surface area (TPSA) is 33.1 Å². The molecule has 0 spiro atoms. The highest BCUT2D eigenvalue weighted by atomic mass is 15.1. The first kappa shape index (κ1) is 21.6. The van der Waals surface area contributed by atoms with Crippen LogP contribution in [0.15, 0.2) is 55.4 Å². The molecule has 0 radical (unpaired) electrons. The Kier molecular flexibility index (Phi) is 6.19. The lowest BCUT2D eigenvalue weighted by Crippen LogP contribution is -2.38. The van der Waals surface area contributed by atoms with Crippen LogP contribution in [0.3, 0.4) is 0 Å². The van der Waals surface area contributed by atoms with Crippen molar-refractivity contribution < 1.29 is 0 Å². The van der Waals surface area contributed by atoms with Crippen LogP contribution < -0.4 is 5.32 Å². The highest BCUT2D eigenvalue weighted by molar-refractivity contribution is 5.77. The molecule has 31 heavy (non-hydrogen) atoms. The molecule has 1 saturated heterocycles. The lowest BCUT2D eigenvalue weighted by atomic mass is 9.88. The summed E-state index contributed by atoms with van der Waals surface area (Å²) >= 11 is 0. The zero-order valence-electron chi connectivity index (χ0n) is 19.5. The minimum Gasteiger partial charge on any atom is -0.388 e. The van der Waals surface area contributed by atoms with E-state index in [2.05, 4.69) is 90.9 Å². The number of fused-ring (bicyclic) bond motifs is 1. The SMILES string of the molecule is C=C(NC)c1ccc(Cn2ccc3cc(C4CCN(CC(C)(C)C)CC4)cnc32)cc1. The Morgan fingerprint density at radius 1 is 1.13 bits per heavy atom. The van der Waals surface area contributed by atoms with Gasteiger partial charge in [-0.05, 0) is 66.1 Å². The number of hydrogen-bond acceptors (Lipinski definition) is 3. The lowest BCUT2D eigenvalue weighted by molar-refractivity contribution is 0.154. The fraction of sp³-hybridized carbons (Fsp3) is 0.444. The van der Waals surface area contributed by atoms with Crippen LogP contribution in [-0.4, -0.2) is 41.1 Å². The highest BCUT2D eigenvalue weighted by Crippen LogP contribution is 2.31. The third-order valence-corrected chi connectivity index (χ3v) is 6.34. The molecule has 0 unspecified atom stereocenters. The number of aromatic nitrogens is 2. The van der Waals surface area contributed by atoms with Crippen molar-refractivity contribution in [2.75, 3.05) is 26.7 Å². The summed E-state index contributed by atoms with van der Waals surface area (Å²) in [5.74, 6) is 0.629. The van der Waals surface area contributed by atoms with Crippen molar-refractivity contribution in [3.63, 3.8) is 0 Å². The van der Waals surface area contributed by atoms with Gasteiger partial charge in [0.15, 0.2) is 0 Å². The first-order valence-electron chi connectivity index (χ1n) is 11.5. The van der Waals surface area contributed by atoms with Crippen LogP contribution in [0, 0.1) is 5.41 Å². The summed E-state index contributed by atoms with van der Waals surface area (Å²) in [6.07, 6.45) is 6.74. The molecular formula is C27H36N4. The van der Waals surface area contributed by atoms with Crippen LogP contribution in [-0.2, 0) is 6.54 Å². The van der Waals surface area contributed by atoms with Crippen molar-refractivity contribution in [3.8, 4) is 0 Å². The molecular weight excluding hydrogens is 380 g/mol. The molecule has 0 bridgehead atoms. The summed E-state index contributed by atoms with van der Waals surface area (Å²) in [6.45, 7) is 15.4. The van der Waals surface area contributed by atoms with Crippen LogP contribution in [0.25, 0.3) is 16.7 Å². The van der Waals surface area contributed by atoms with E-state index in [4.69, 9.17) is 4.98 Å². The van der Waals surface area contributed by atoms with Gasteiger partial charge in [0.1, 0.15) is 5.65 Å². The number of benzene rings is 1. The Morgan fingerprint density at radius 3 is 2.48 bits per heavy atom. The van der Waals surface area contributed by atoms with Gasteiger partial charge in [-0.2, -0.15) is 0 Å². The maximum absolute atomic E-state index is 4.88. The van der Waals surface area contributed by atoms with Crippen molar-refractivity contribution in [3.05, 3.63) is 72.1 Å². The third-order valence-electron chi connectivity index (χ3n) is 6.34. The van der Waals surface area contributed by atoms with Gasteiger partial charge in [0, 0.05) is 43.6 Å². The normalized spacial score (nSPS) is 16.0. The Bertz CT molecular complexity index is 1030. The minimum absolute atomic E-state index is 0.372. The second-order valence-corrected chi connectivity index (χ2v) is 10.2. The average Bonchev–Trinajstić information content (AvgIpc) is 3.15. The van der Waals surface area contributed by atoms with Crippen molar-refractivity contribution in [2.24, 2.45) is 5.41 Å². The Hall–Kier alpha value is -2.59. The van der Waals surface area contributed by atoms with Gasteiger partial charge in [0.25, 0.3) is 0 Å². The quantitative estimate of drug-likeness (QED) is 0.576. The standard InChI is InChI=1S/C27H36N4/c1-20(28-5)22-8-6-21(7-9-22)18-31-15-12-24-16-25(17-29-26(24)31)23-10-13-30(14-11-23)19-27(2,3)4/h6-9,12,15-17,23,28H,1,10-11,13-14,18-19H2,2-5H3. The van der Waals surface area contributed by atoms with Crippen LogP contribution in [0.4, 0.5) is 0 Å². The monoisotopic (exact) mass is 416 g/mol. The first-order valence-corrected chi connectivity index (χ1v) is 11.5.